The van der Waals surface area contributed by atoms with Crippen LogP contribution in [0.5, 0.6) is 5.75 Å². The number of carbonyl (C=O) groups excluding carboxylic acids is 4. The van der Waals surface area contributed by atoms with Gasteiger partial charge in [-0.3, -0.25) is 14.4 Å². The van der Waals surface area contributed by atoms with Crippen LogP contribution in [0.2, 0.25) is 5.02 Å². The average Bonchev–Trinajstić information content (AvgIpc) is 3.83. The number of halogens is 1. The first kappa shape index (κ1) is 36.0. The van der Waals surface area contributed by atoms with Crippen molar-refractivity contribution in [3.63, 3.8) is 0 Å². The van der Waals surface area contributed by atoms with Gasteiger partial charge in [0.25, 0.3) is 0 Å². The minimum absolute atomic E-state index is 0.0228. The third kappa shape index (κ3) is 9.81. The van der Waals surface area contributed by atoms with E-state index in [0.29, 0.717) is 16.3 Å². The maximum atomic E-state index is 13.6. The summed E-state index contributed by atoms with van der Waals surface area (Å²) in [7, 11) is 1.51. The van der Waals surface area contributed by atoms with Crippen molar-refractivity contribution in [1.82, 2.24) is 10.6 Å². The molecule has 2 aliphatic rings. The van der Waals surface area contributed by atoms with Crippen LogP contribution in [0.1, 0.15) is 64.7 Å². The Morgan fingerprint density at radius 1 is 1.02 bits per heavy atom. The average molecular weight is 669 g/mol. The van der Waals surface area contributed by atoms with Crippen LogP contribution in [0.4, 0.5) is 0 Å². The molecule has 10 nitrogen and oxygen atoms in total. The first-order chi connectivity index (χ1) is 22.3. The van der Waals surface area contributed by atoms with Gasteiger partial charge in [-0.2, -0.15) is 0 Å². The highest BCUT2D eigenvalue weighted by Gasteiger charge is 2.48. The summed E-state index contributed by atoms with van der Waals surface area (Å²) in [5, 5.41) is 5.91. The van der Waals surface area contributed by atoms with Crippen LogP contribution in [0.25, 0.3) is 0 Å². The van der Waals surface area contributed by atoms with Gasteiger partial charge < -0.3 is 29.6 Å². The number of nitrogens with one attached hydrogen (secondary N) is 2. The van der Waals surface area contributed by atoms with Gasteiger partial charge in [0.15, 0.2) is 6.10 Å². The van der Waals surface area contributed by atoms with Crippen LogP contribution in [0.3, 0.4) is 0 Å². The molecule has 4 rings (SSSR count). The summed E-state index contributed by atoms with van der Waals surface area (Å²) in [5.74, 6) is -2.06. The lowest BCUT2D eigenvalue weighted by molar-refractivity contribution is -0.179. The molecule has 2 N–H and O–H groups in total. The predicted molar refractivity (Wildman–Crippen MR) is 177 cm³/mol. The number of cyclic esters (lactones) is 2. The lowest BCUT2D eigenvalue weighted by Crippen LogP contribution is -2.51. The summed E-state index contributed by atoms with van der Waals surface area (Å²) < 4.78 is 23.1. The van der Waals surface area contributed by atoms with E-state index >= 15 is 0 Å². The van der Waals surface area contributed by atoms with Crippen molar-refractivity contribution in [3.8, 4) is 5.75 Å². The number of hydrogen-bond donors (Lipinski definition) is 2. The molecule has 47 heavy (non-hydrogen) atoms. The largest absolute Gasteiger partial charge is 0.495 e. The van der Waals surface area contributed by atoms with Crippen LogP contribution in [0.15, 0.2) is 60.7 Å². The van der Waals surface area contributed by atoms with Crippen molar-refractivity contribution < 1.29 is 38.1 Å². The lowest BCUT2D eigenvalue weighted by Gasteiger charge is -2.29. The minimum atomic E-state index is -1.20. The molecule has 2 aliphatic heterocycles. The molecule has 11 heteroatoms. The zero-order valence-electron chi connectivity index (χ0n) is 27.8. The molecule has 0 bridgehead atoms. The number of ether oxygens (including phenoxy) is 4. The summed E-state index contributed by atoms with van der Waals surface area (Å²) in [6.45, 7) is 8.92. The maximum absolute atomic E-state index is 13.6. The van der Waals surface area contributed by atoms with Gasteiger partial charge in [0.1, 0.15) is 24.0 Å². The van der Waals surface area contributed by atoms with Crippen molar-refractivity contribution in [3.05, 3.63) is 76.8 Å². The summed E-state index contributed by atoms with van der Waals surface area (Å²) in [6.07, 6.45) is 1.34. The summed E-state index contributed by atoms with van der Waals surface area (Å²) in [4.78, 5) is 53.6. The summed E-state index contributed by atoms with van der Waals surface area (Å²) >= 11 is 6.32. The highest BCUT2D eigenvalue weighted by Crippen LogP contribution is 2.45. The van der Waals surface area contributed by atoms with Crippen molar-refractivity contribution >= 4 is 35.4 Å². The number of epoxide rings is 1. The Kier molecular flexibility index (Phi) is 12.1. The van der Waals surface area contributed by atoms with E-state index in [1.807, 2.05) is 51.1 Å². The summed E-state index contributed by atoms with van der Waals surface area (Å²) in [6, 6.07) is 13.9. The Labute approximate surface area is 281 Å². The fourth-order valence-corrected chi connectivity index (χ4v) is 5.75. The lowest BCUT2D eigenvalue weighted by atomic mass is 9.92. The van der Waals surface area contributed by atoms with Crippen LogP contribution in [0, 0.1) is 17.3 Å². The zero-order chi connectivity index (χ0) is 34.3. The first-order valence-corrected chi connectivity index (χ1v) is 16.4. The molecule has 2 amide bonds. The molecule has 254 valence electrons. The van der Waals surface area contributed by atoms with Crippen LogP contribution >= 0.6 is 11.6 Å². The van der Waals surface area contributed by atoms with E-state index in [4.69, 9.17) is 30.5 Å². The quantitative estimate of drug-likeness (QED) is 0.293. The van der Waals surface area contributed by atoms with Crippen molar-refractivity contribution in [2.24, 2.45) is 17.3 Å². The molecule has 0 radical (unpaired) electrons. The van der Waals surface area contributed by atoms with E-state index in [9.17, 15) is 19.2 Å². The van der Waals surface area contributed by atoms with Gasteiger partial charge in [-0.1, -0.05) is 74.8 Å². The van der Waals surface area contributed by atoms with Crippen molar-refractivity contribution in [1.29, 1.82) is 0 Å². The Bertz CT molecular complexity index is 1460. The van der Waals surface area contributed by atoms with Gasteiger partial charge in [0, 0.05) is 25.3 Å². The van der Waals surface area contributed by atoms with Crippen molar-refractivity contribution in [2.45, 2.75) is 84.3 Å². The van der Waals surface area contributed by atoms with Crippen LogP contribution in [-0.2, 0) is 39.8 Å². The molecular formula is C36H45ClN2O8. The Hall–Kier alpha value is -3.89. The molecule has 0 aliphatic carbocycles. The number of esters is 2. The second-order valence-corrected chi connectivity index (χ2v) is 13.7. The Balaban J connectivity index is 1.61. The fourth-order valence-electron chi connectivity index (χ4n) is 5.46. The predicted octanol–water partition coefficient (Wildman–Crippen LogP) is 5.12. The number of hydrogen-bond acceptors (Lipinski definition) is 8. The molecule has 0 saturated carbocycles. The molecule has 0 aromatic heterocycles. The van der Waals surface area contributed by atoms with E-state index in [1.54, 1.807) is 38.1 Å². The number of amides is 2. The molecular weight excluding hydrogens is 624 g/mol. The second-order valence-electron chi connectivity index (χ2n) is 13.3. The van der Waals surface area contributed by atoms with E-state index in [2.05, 4.69) is 10.6 Å². The number of rotatable bonds is 8. The van der Waals surface area contributed by atoms with Gasteiger partial charge in [0.05, 0.1) is 23.7 Å². The minimum Gasteiger partial charge on any atom is -0.495 e. The maximum Gasteiger partial charge on any atom is 0.347 e. The normalized spacial score (nSPS) is 26.8. The Morgan fingerprint density at radius 2 is 1.74 bits per heavy atom. The van der Waals surface area contributed by atoms with Gasteiger partial charge in [-0.05, 0) is 55.5 Å². The zero-order valence-corrected chi connectivity index (χ0v) is 28.5. The van der Waals surface area contributed by atoms with E-state index in [0.717, 1.165) is 5.56 Å². The topological polar surface area (TPSA) is 133 Å². The van der Waals surface area contributed by atoms with E-state index in [-0.39, 0.29) is 49.9 Å². The van der Waals surface area contributed by atoms with Crippen molar-refractivity contribution in [2.75, 3.05) is 13.7 Å². The fraction of sp³-hybridized carbons (Fsp3) is 0.500. The molecule has 6 atom stereocenters. The standard InChI is InChI=1S/C36H45ClN2O8/c1-21(2)17-29-34(42)45-27(22(3)31-32(47-31)24-11-8-7-9-12-24)13-10-14-30(40)39-26(19-23-15-16-28(44-6)25(37)18-23)33(41)38-20-36(4,5)35(43)46-29/h7-12,14-16,18,21-22,26-27,29,31-32H,13,17,19-20H2,1-6H3,(H,38,41)(H,39,40)/b14-10+/t22-,26+,27-,29?,31+,32+/m0/s1. The van der Waals surface area contributed by atoms with Crippen LogP contribution < -0.4 is 15.4 Å². The second kappa shape index (κ2) is 15.8. The SMILES string of the molecule is COc1ccc(C[C@H]2NC(=O)/C=C/C[C@@H]([C@H](C)[C@H]3O[C@@H]3c3ccccc3)OC(=O)C(CC(C)C)OC(=O)C(C)(C)CNC2=O)cc1Cl. The number of benzene rings is 2. The molecule has 2 heterocycles. The first-order valence-electron chi connectivity index (χ1n) is 16.0. The van der Waals surface area contributed by atoms with Crippen LogP contribution in [-0.4, -0.2) is 61.8 Å². The van der Waals surface area contributed by atoms with Gasteiger partial charge in [-0.15, -0.1) is 0 Å². The molecule has 1 fully saturated rings. The highest BCUT2D eigenvalue weighted by molar-refractivity contribution is 6.32. The number of methoxy groups -OCH3 is 1. The third-order valence-electron chi connectivity index (χ3n) is 8.41. The molecule has 1 saturated heterocycles. The smallest absolute Gasteiger partial charge is 0.347 e. The van der Waals surface area contributed by atoms with E-state index in [1.165, 1.54) is 13.2 Å². The molecule has 2 aromatic carbocycles. The van der Waals surface area contributed by atoms with Gasteiger partial charge in [0.2, 0.25) is 11.8 Å². The highest BCUT2D eigenvalue weighted by atomic mass is 35.5. The van der Waals surface area contributed by atoms with E-state index < -0.39 is 47.4 Å². The van der Waals surface area contributed by atoms with Gasteiger partial charge in [-0.25, -0.2) is 4.79 Å². The third-order valence-corrected chi connectivity index (χ3v) is 8.70. The molecule has 0 spiro atoms. The Morgan fingerprint density at radius 3 is 2.40 bits per heavy atom. The number of carbonyl (C=O) groups is 4. The molecule has 2 aromatic rings. The molecule has 1 unspecified atom stereocenters. The van der Waals surface area contributed by atoms with Gasteiger partial charge >= 0.3 is 11.9 Å². The summed E-state index contributed by atoms with van der Waals surface area (Å²) in [5.41, 5.74) is 0.524. The monoisotopic (exact) mass is 668 g/mol.